The lowest BCUT2D eigenvalue weighted by Gasteiger charge is -2.28. The molecule has 0 unspecified atom stereocenters. The van der Waals surface area contributed by atoms with Crippen molar-refractivity contribution in [2.24, 2.45) is 5.92 Å². The lowest BCUT2D eigenvalue weighted by molar-refractivity contribution is 0.0715. The van der Waals surface area contributed by atoms with E-state index in [1.54, 1.807) is 7.11 Å². The highest BCUT2D eigenvalue weighted by atomic mass is 35.5. The van der Waals surface area contributed by atoms with E-state index in [-0.39, 0.29) is 0 Å². The van der Waals surface area contributed by atoms with Gasteiger partial charge in [-0.2, -0.15) is 0 Å². The van der Waals surface area contributed by atoms with Crippen LogP contribution in [-0.2, 0) is 11.3 Å². The molecule has 1 aliphatic carbocycles. The van der Waals surface area contributed by atoms with Crippen LogP contribution in [0.4, 0.5) is 0 Å². The van der Waals surface area contributed by atoms with Crippen LogP contribution in [0.1, 0.15) is 53.1 Å². The minimum atomic E-state index is -0.394. The van der Waals surface area contributed by atoms with Crippen LogP contribution < -0.4 is 4.74 Å². The standard InChI is InChI=1S/C22H25ClO3/c1-25-21-12-4-17(5-13-21)15-26-14-16-2-6-18(7-3-16)19-8-10-20(11-9-19)22(23)24/h4-5,8-13,16,18H,2-3,6-7,14-15H2,1H3. The van der Waals surface area contributed by atoms with Crippen LogP contribution in [0.5, 0.6) is 5.75 Å². The maximum absolute atomic E-state index is 11.2. The Labute approximate surface area is 160 Å². The van der Waals surface area contributed by atoms with E-state index in [0.29, 0.717) is 24.0 Å². The van der Waals surface area contributed by atoms with Crippen molar-refractivity contribution in [2.45, 2.75) is 38.2 Å². The zero-order chi connectivity index (χ0) is 18.4. The number of carbonyl (C=O) groups is 1. The van der Waals surface area contributed by atoms with Crippen molar-refractivity contribution >= 4 is 16.8 Å². The number of benzene rings is 2. The summed E-state index contributed by atoms with van der Waals surface area (Å²) in [4.78, 5) is 11.2. The molecule has 1 saturated carbocycles. The third-order valence-electron chi connectivity index (χ3n) is 5.24. The second kappa shape index (κ2) is 9.20. The number of hydrogen-bond donors (Lipinski definition) is 0. The molecule has 0 spiro atoms. The largest absolute Gasteiger partial charge is 0.497 e. The zero-order valence-electron chi connectivity index (χ0n) is 15.1. The molecule has 26 heavy (non-hydrogen) atoms. The molecule has 0 aromatic heterocycles. The van der Waals surface area contributed by atoms with Crippen LogP contribution in [0.3, 0.4) is 0 Å². The van der Waals surface area contributed by atoms with E-state index in [1.165, 1.54) is 36.8 Å². The molecule has 0 amide bonds. The fraction of sp³-hybridized carbons (Fsp3) is 0.409. The van der Waals surface area contributed by atoms with Crippen molar-refractivity contribution in [1.29, 1.82) is 0 Å². The van der Waals surface area contributed by atoms with Gasteiger partial charge in [0.25, 0.3) is 5.24 Å². The normalized spacial score (nSPS) is 19.9. The van der Waals surface area contributed by atoms with Gasteiger partial charge in [0.15, 0.2) is 0 Å². The summed E-state index contributed by atoms with van der Waals surface area (Å²) in [6.07, 6.45) is 4.71. The first-order valence-electron chi connectivity index (χ1n) is 9.16. The van der Waals surface area contributed by atoms with Crippen molar-refractivity contribution < 1.29 is 14.3 Å². The molecule has 4 heteroatoms. The molecule has 0 saturated heterocycles. The average molecular weight is 373 g/mol. The van der Waals surface area contributed by atoms with E-state index in [1.807, 2.05) is 48.5 Å². The van der Waals surface area contributed by atoms with E-state index in [4.69, 9.17) is 21.1 Å². The van der Waals surface area contributed by atoms with Crippen LogP contribution in [0, 0.1) is 5.92 Å². The van der Waals surface area contributed by atoms with Gasteiger partial charge in [0.1, 0.15) is 5.75 Å². The van der Waals surface area contributed by atoms with Gasteiger partial charge in [-0.15, -0.1) is 0 Å². The summed E-state index contributed by atoms with van der Waals surface area (Å²) in [7, 11) is 1.67. The highest BCUT2D eigenvalue weighted by Gasteiger charge is 2.22. The summed E-state index contributed by atoms with van der Waals surface area (Å²) >= 11 is 5.51. The first-order chi connectivity index (χ1) is 12.7. The highest BCUT2D eigenvalue weighted by molar-refractivity contribution is 6.67. The molecule has 0 atom stereocenters. The van der Waals surface area contributed by atoms with E-state index < -0.39 is 5.24 Å². The molecule has 1 aliphatic rings. The summed E-state index contributed by atoms with van der Waals surface area (Å²) in [6.45, 7) is 1.47. The van der Waals surface area contributed by atoms with Crippen LogP contribution in [0.15, 0.2) is 48.5 Å². The van der Waals surface area contributed by atoms with E-state index in [0.717, 1.165) is 12.4 Å². The van der Waals surface area contributed by atoms with Crippen molar-refractivity contribution in [3.05, 3.63) is 65.2 Å². The van der Waals surface area contributed by atoms with Crippen molar-refractivity contribution in [1.82, 2.24) is 0 Å². The Balaban J connectivity index is 1.41. The molecule has 0 radical (unpaired) electrons. The van der Waals surface area contributed by atoms with Gasteiger partial charge in [-0.25, -0.2) is 0 Å². The monoisotopic (exact) mass is 372 g/mol. The van der Waals surface area contributed by atoms with E-state index >= 15 is 0 Å². The van der Waals surface area contributed by atoms with Crippen LogP contribution in [0.2, 0.25) is 0 Å². The van der Waals surface area contributed by atoms with Crippen molar-refractivity contribution in [3.8, 4) is 5.75 Å². The fourth-order valence-corrected chi connectivity index (χ4v) is 3.74. The third-order valence-corrected chi connectivity index (χ3v) is 5.46. The Bertz CT molecular complexity index is 701. The molecule has 0 aliphatic heterocycles. The zero-order valence-corrected chi connectivity index (χ0v) is 15.9. The fourth-order valence-electron chi connectivity index (χ4n) is 3.61. The van der Waals surface area contributed by atoms with Gasteiger partial charge in [-0.3, -0.25) is 4.79 Å². The Morgan fingerprint density at radius 1 is 1.00 bits per heavy atom. The van der Waals surface area contributed by atoms with Gasteiger partial charge in [0.05, 0.1) is 13.7 Å². The van der Waals surface area contributed by atoms with Gasteiger partial charge in [-0.05, 0) is 84.5 Å². The van der Waals surface area contributed by atoms with Crippen LogP contribution >= 0.6 is 11.6 Å². The van der Waals surface area contributed by atoms with Crippen LogP contribution in [-0.4, -0.2) is 19.0 Å². The smallest absolute Gasteiger partial charge is 0.252 e. The highest BCUT2D eigenvalue weighted by Crippen LogP contribution is 2.36. The van der Waals surface area contributed by atoms with E-state index in [2.05, 4.69) is 0 Å². The maximum Gasteiger partial charge on any atom is 0.252 e. The molecular weight excluding hydrogens is 348 g/mol. The summed E-state index contributed by atoms with van der Waals surface area (Å²) in [5.41, 5.74) is 3.05. The number of rotatable bonds is 7. The second-order valence-corrected chi connectivity index (χ2v) is 7.32. The summed E-state index contributed by atoms with van der Waals surface area (Å²) in [5.74, 6) is 2.08. The predicted octanol–water partition coefficient (Wildman–Crippen LogP) is 5.56. The number of carbonyl (C=O) groups excluding carboxylic acids is 1. The molecule has 0 bridgehead atoms. The van der Waals surface area contributed by atoms with Gasteiger partial charge in [0, 0.05) is 12.2 Å². The molecule has 3 rings (SSSR count). The topological polar surface area (TPSA) is 35.5 Å². The molecule has 1 fully saturated rings. The maximum atomic E-state index is 11.2. The molecule has 2 aromatic carbocycles. The Morgan fingerprint density at radius 3 is 2.23 bits per heavy atom. The first kappa shape index (κ1) is 18.9. The second-order valence-electron chi connectivity index (χ2n) is 6.98. The molecule has 3 nitrogen and oxygen atoms in total. The van der Waals surface area contributed by atoms with E-state index in [9.17, 15) is 4.79 Å². The predicted molar refractivity (Wildman–Crippen MR) is 104 cm³/mol. The summed E-state index contributed by atoms with van der Waals surface area (Å²) < 4.78 is 11.1. The van der Waals surface area contributed by atoms with Gasteiger partial charge in [0.2, 0.25) is 0 Å². The number of hydrogen-bond acceptors (Lipinski definition) is 3. The molecular formula is C22H25ClO3. The molecule has 138 valence electrons. The molecule has 2 aromatic rings. The summed E-state index contributed by atoms with van der Waals surface area (Å²) in [5, 5.41) is -0.394. The van der Waals surface area contributed by atoms with Crippen molar-refractivity contribution in [2.75, 3.05) is 13.7 Å². The van der Waals surface area contributed by atoms with Gasteiger partial charge in [-0.1, -0.05) is 24.3 Å². The van der Waals surface area contributed by atoms with Crippen molar-refractivity contribution in [3.63, 3.8) is 0 Å². The Kier molecular flexibility index (Phi) is 6.70. The van der Waals surface area contributed by atoms with Gasteiger partial charge < -0.3 is 9.47 Å². The Morgan fingerprint density at radius 2 is 1.65 bits per heavy atom. The quantitative estimate of drug-likeness (QED) is 0.596. The first-order valence-corrected chi connectivity index (χ1v) is 9.54. The van der Waals surface area contributed by atoms with Gasteiger partial charge >= 0.3 is 0 Å². The lowest BCUT2D eigenvalue weighted by atomic mass is 9.79. The third kappa shape index (κ3) is 5.09. The number of methoxy groups -OCH3 is 1. The minimum absolute atomic E-state index is 0.394. The molecule has 0 N–H and O–H groups in total. The minimum Gasteiger partial charge on any atom is -0.497 e. The SMILES string of the molecule is COc1ccc(COCC2CCC(c3ccc(C(=O)Cl)cc3)CC2)cc1. The lowest BCUT2D eigenvalue weighted by Crippen LogP contribution is -2.18. The average Bonchev–Trinajstić information content (AvgIpc) is 2.69. The molecule has 0 heterocycles. The van der Waals surface area contributed by atoms with Crippen LogP contribution in [0.25, 0.3) is 0 Å². The Hall–Kier alpha value is -1.84. The number of halogens is 1. The number of ether oxygens (including phenoxy) is 2. The summed E-state index contributed by atoms with van der Waals surface area (Å²) in [6, 6.07) is 15.8.